The number of benzene rings is 3. The monoisotopic (exact) mass is 559 g/mol. The number of para-hydroxylation sites is 1. The van der Waals surface area contributed by atoms with Crippen molar-refractivity contribution in [2.75, 3.05) is 24.6 Å². The van der Waals surface area contributed by atoms with Gasteiger partial charge in [0.15, 0.2) is 0 Å². The third-order valence-electron chi connectivity index (χ3n) is 6.95. The largest absolute Gasteiger partial charge is 0.450 e. The average Bonchev–Trinajstić information content (AvgIpc) is 2.97. The van der Waals surface area contributed by atoms with Gasteiger partial charge in [-0.15, -0.1) is 0 Å². The van der Waals surface area contributed by atoms with Gasteiger partial charge < -0.3 is 19.9 Å². The molecule has 40 heavy (non-hydrogen) atoms. The Morgan fingerprint density at radius 3 is 2.45 bits per heavy atom. The Kier molecular flexibility index (Phi) is 8.50. The lowest BCUT2D eigenvalue weighted by atomic mass is 10.0. The maximum Gasteiger partial charge on any atom is 0.409 e. The first-order valence-electron chi connectivity index (χ1n) is 13.3. The molecule has 0 radical (unpaired) electrons. The molecule has 1 N–H and O–H groups in total. The summed E-state index contributed by atoms with van der Waals surface area (Å²) in [6, 6.07) is 21.1. The molecule has 3 aromatic rings. The molecule has 2 aliphatic heterocycles. The van der Waals surface area contributed by atoms with Crippen LogP contribution in [0.3, 0.4) is 0 Å². The lowest BCUT2D eigenvalue weighted by Gasteiger charge is -2.31. The molecule has 9 heteroatoms. The molecule has 2 heterocycles. The van der Waals surface area contributed by atoms with E-state index in [2.05, 4.69) is 5.32 Å². The van der Waals surface area contributed by atoms with Crippen molar-refractivity contribution < 1.29 is 23.5 Å². The zero-order valence-corrected chi connectivity index (χ0v) is 23.0. The standard InChI is InChI=1S/C31H30FN3O4S/c1-2-39-31(38)34-17-15-24(16-18-34)33-29(36)22-13-11-21(12-14-22)19-28-30(37)35(20-23-7-3-4-8-25(23)32)26-9-5-6-10-27(26)40-28/h3-14,19,24H,2,15-18,20H2,1H3,(H,33,36). The van der Waals surface area contributed by atoms with Gasteiger partial charge in [0.2, 0.25) is 0 Å². The van der Waals surface area contributed by atoms with Crippen LogP contribution in [-0.4, -0.2) is 48.5 Å². The van der Waals surface area contributed by atoms with E-state index >= 15 is 0 Å². The molecule has 0 bridgehead atoms. The van der Waals surface area contributed by atoms with Crippen molar-refractivity contribution in [3.05, 3.63) is 100 Å². The zero-order chi connectivity index (χ0) is 28.1. The highest BCUT2D eigenvalue weighted by Crippen LogP contribution is 2.42. The van der Waals surface area contributed by atoms with E-state index in [0.29, 0.717) is 48.6 Å². The summed E-state index contributed by atoms with van der Waals surface area (Å²) in [4.78, 5) is 42.9. The maximum absolute atomic E-state index is 14.4. The average molecular weight is 560 g/mol. The van der Waals surface area contributed by atoms with Crippen LogP contribution in [0.15, 0.2) is 82.6 Å². The fraction of sp³-hybridized carbons (Fsp3) is 0.258. The van der Waals surface area contributed by atoms with Crippen LogP contribution in [0.4, 0.5) is 14.9 Å². The predicted octanol–water partition coefficient (Wildman–Crippen LogP) is 5.86. The van der Waals surface area contributed by atoms with E-state index in [1.54, 1.807) is 65.3 Å². The summed E-state index contributed by atoms with van der Waals surface area (Å²) in [7, 11) is 0. The first-order valence-corrected chi connectivity index (χ1v) is 14.1. The van der Waals surface area contributed by atoms with E-state index in [-0.39, 0.29) is 36.3 Å². The van der Waals surface area contributed by atoms with E-state index < -0.39 is 0 Å². The second-order valence-corrected chi connectivity index (χ2v) is 10.7. The van der Waals surface area contributed by atoms with Gasteiger partial charge in [-0.05, 0) is 61.7 Å². The molecule has 0 unspecified atom stereocenters. The van der Waals surface area contributed by atoms with Gasteiger partial charge in [-0.1, -0.05) is 54.2 Å². The molecule has 0 spiro atoms. The van der Waals surface area contributed by atoms with E-state index in [9.17, 15) is 18.8 Å². The molecular weight excluding hydrogens is 529 g/mol. The summed E-state index contributed by atoms with van der Waals surface area (Å²) in [6.45, 7) is 3.32. The van der Waals surface area contributed by atoms with E-state index in [4.69, 9.17) is 4.74 Å². The molecule has 1 saturated heterocycles. The Balaban J connectivity index is 1.26. The highest BCUT2D eigenvalue weighted by atomic mass is 32.2. The van der Waals surface area contributed by atoms with Crippen LogP contribution >= 0.6 is 11.8 Å². The molecule has 0 aliphatic carbocycles. The summed E-state index contributed by atoms with van der Waals surface area (Å²) in [5.74, 6) is -0.736. The van der Waals surface area contributed by atoms with Crippen LogP contribution in [-0.2, 0) is 16.1 Å². The fourth-order valence-electron chi connectivity index (χ4n) is 4.79. The summed E-state index contributed by atoms with van der Waals surface area (Å²) in [6.07, 6.45) is 2.81. The number of carbonyl (C=O) groups is 3. The highest BCUT2D eigenvalue weighted by molar-refractivity contribution is 8.04. The maximum atomic E-state index is 14.4. The topological polar surface area (TPSA) is 79.0 Å². The molecule has 5 rings (SSSR count). The van der Waals surface area contributed by atoms with Crippen LogP contribution in [0.5, 0.6) is 0 Å². The number of likely N-dealkylation sites (tertiary alicyclic amines) is 1. The quantitative estimate of drug-likeness (QED) is 0.383. The summed E-state index contributed by atoms with van der Waals surface area (Å²) in [5, 5.41) is 3.05. The van der Waals surface area contributed by atoms with E-state index in [1.807, 2.05) is 24.3 Å². The molecule has 0 saturated carbocycles. The summed E-state index contributed by atoms with van der Waals surface area (Å²) in [5.41, 5.74) is 2.49. The Bertz CT molecular complexity index is 1430. The SMILES string of the molecule is CCOC(=O)N1CCC(NC(=O)c2ccc(C=C3Sc4ccccc4N(Cc4ccccc4F)C3=O)cc2)CC1. The fourth-order valence-corrected chi connectivity index (χ4v) is 5.85. The van der Waals surface area contributed by atoms with Gasteiger partial charge >= 0.3 is 6.09 Å². The molecular formula is C31H30FN3O4S. The summed E-state index contributed by atoms with van der Waals surface area (Å²) >= 11 is 1.38. The van der Waals surface area contributed by atoms with Crippen molar-refractivity contribution >= 4 is 41.4 Å². The van der Waals surface area contributed by atoms with E-state index in [0.717, 1.165) is 16.1 Å². The van der Waals surface area contributed by atoms with Crippen molar-refractivity contribution in [3.8, 4) is 0 Å². The third-order valence-corrected chi connectivity index (χ3v) is 8.02. The van der Waals surface area contributed by atoms with Crippen molar-refractivity contribution in [2.45, 2.75) is 37.2 Å². The van der Waals surface area contributed by atoms with Crippen LogP contribution in [0.25, 0.3) is 6.08 Å². The number of hydrogen-bond donors (Lipinski definition) is 1. The Labute approximate surface area is 237 Å². The normalized spacial score (nSPS) is 16.6. The minimum Gasteiger partial charge on any atom is -0.450 e. The van der Waals surface area contributed by atoms with Gasteiger partial charge in [-0.2, -0.15) is 0 Å². The number of fused-ring (bicyclic) bond motifs is 1. The van der Waals surface area contributed by atoms with Gasteiger partial charge in [-0.3, -0.25) is 9.59 Å². The first-order chi connectivity index (χ1) is 19.4. The molecule has 206 valence electrons. The summed E-state index contributed by atoms with van der Waals surface area (Å²) < 4.78 is 19.5. The number of ether oxygens (including phenoxy) is 1. The molecule has 0 aromatic heterocycles. The van der Waals surface area contributed by atoms with Crippen molar-refractivity contribution in [1.29, 1.82) is 0 Å². The zero-order valence-electron chi connectivity index (χ0n) is 22.1. The van der Waals surface area contributed by atoms with Gasteiger partial charge in [0.1, 0.15) is 5.82 Å². The van der Waals surface area contributed by atoms with E-state index in [1.165, 1.54) is 17.8 Å². The molecule has 7 nitrogen and oxygen atoms in total. The van der Waals surface area contributed by atoms with Crippen molar-refractivity contribution in [1.82, 2.24) is 10.2 Å². The number of piperidine rings is 1. The van der Waals surface area contributed by atoms with Gasteiger partial charge in [0.05, 0.1) is 23.7 Å². The minimum atomic E-state index is -0.352. The van der Waals surface area contributed by atoms with Crippen LogP contribution in [0, 0.1) is 5.82 Å². The minimum absolute atomic E-state index is 0.0169. The Morgan fingerprint density at radius 1 is 1.02 bits per heavy atom. The van der Waals surface area contributed by atoms with Crippen LogP contribution in [0.1, 0.15) is 41.3 Å². The molecule has 1 fully saturated rings. The van der Waals surface area contributed by atoms with Gasteiger partial charge in [0.25, 0.3) is 11.8 Å². The number of carbonyl (C=O) groups excluding carboxylic acids is 3. The lowest BCUT2D eigenvalue weighted by molar-refractivity contribution is -0.114. The van der Waals surface area contributed by atoms with Gasteiger partial charge in [0, 0.05) is 35.2 Å². The predicted molar refractivity (Wildman–Crippen MR) is 153 cm³/mol. The number of thioether (sulfide) groups is 1. The Hall–Kier alpha value is -4.11. The number of amides is 3. The second-order valence-electron chi connectivity index (χ2n) is 9.62. The molecule has 3 amide bonds. The number of hydrogen-bond acceptors (Lipinski definition) is 5. The number of nitrogens with zero attached hydrogens (tertiary/aromatic N) is 2. The number of halogens is 1. The number of nitrogens with one attached hydrogen (secondary N) is 1. The molecule has 2 aliphatic rings. The second kappa shape index (κ2) is 12.4. The van der Waals surface area contributed by atoms with Gasteiger partial charge in [-0.25, -0.2) is 9.18 Å². The lowest BCUT2D eigenvalue weighted by Crippen LogP contribution is -2.46. The number of anilines is 1. The third kappa shape index (κ3) is 6.20. The molecule has 0 atom stereocenters. The van der Waals surface area contributed by atoms with Crippen molar-refractivity contribution in [3.63, 3.8) is 0 Å². The highest BCUT2D eigenvalue weighted by Gasteiger charge is 2.30. The van der Waals surface area contributed by atoms with Crippen LogP contribution < -0.4 is 10.2 Å². The first kappa shape index (κ1) is 27.5. The van der Waals surface area contributed by atoms with Crippen LogP contribution in [0.2, 0.25) is 0 Å². The van der Waals surface area contributed by atoms with Crippen molar-refractivity contribution in [2.24, 2.45) is 0 Å². The Morgan fingerprint density at radius 2 is 1.73 bits per heavy atom. The molecule has 3 aromatic carbocycles. The smallest absolute Gasteiger partial charge is 0.409 e. The number of rotatable bonds is 6.